The molecule has 0 spiro atoms. The fourth-order valence-electron chi connectivity index (χ4n) is 4.12. The van der Waals surface area contributed by atoms with E-state index in [4.69, 9.17) is 0 Å². The lowest BCUT2D eigenvalue weighted by Crippen LogP contribution is -2.40. The fourth-order valence-corrected chi connectivity index (χ4v) is 4.12. The minimum absolute atomic E-state index is 0.0692. The first kappa shape index (κ1) is 16.3. The SMILES string of the molecule is CC(C)n1cnnc1C1CCCN(C(=O)c2n[nH]c3c2CCCC3)C1. The van der Waals surface area contributed by atoms with E-state index in [0.29, 0.717) is 18.3 Å². The van der Waals surface area contributed by atoms with Gasteiger partial charge in [0.15, 0.2) is 5.69 Å². The first-order chi connectivity index (χ1) is 12.1. The van der Waals surface area contributed by atoms with Crippen LogP contribution in [-0.4, -0.2) is 48.9 Å². The van der Waals surface area contributed by atoms with E-state index < -0.39 is 0 Å². The summed E-state index contributed by atoms with van der Waals surface area (Å²) < 4.78 is 2.12. The van der Waals surface area contributed by atoms with E-state index >= 15 is 0 Å². The van der Waals surface area contributed by atoms with E-state index in [-0.39, 0.29) is 11.8 Å². The Labute approximate surface area is 147 Å². The molecule has 25 heavy (non-hydrogen) atoms. The van der Waals surface area contributed by atoms with Gasteiger partial charge in [0.1, 0.15) is 12.2 Å². The minimum Gasteiger partial charge on any atom is -0.337 e. The number of carbonyl (C=O) groups excluding carboxylic acids is 1. The van der Waals surface area contributed by atoms with Gasteiger partial charge in [-0.1, -0.05) is 0 Å². The van der Waals surface area contributed by atoms with Crippen molar-refractivity contribution in [2.75, 3.05) is 13.1 Å². The standard InChI is InChI=1S/C18H26N6O/c1-12(2)24-11-19-22-17(24)13-6-5-9-23(10-13)18(25)16-14-7-3-4-8-15(14)20-21-16/h11-13H,3-10H2,1-2H3,(H,20,21). The van der Waals surface area contributed by atoms with Gasteiger partial charge < -0.3 is 9.47 Å². The number of H-pyrrole nitrogens is 1. The molecular formula is C18H26N6O. The third-order valence-corrected chi connectivity index (χ3v) is 5.49. The van der Waals surface area contributed by atoms with Crippen molar-refractivity contribution < 1.29 is 4.79 Å². The normalized spacial score (nSPS) is 20.8. The van der Waals surface area contributed by atoms with E-state index in [9.17, 15) is 4.79 Å². The molecule has 1 amide bonds. The Kier molecular flexibility index (Phi) is 4.31. The second-order valence-corrected chi connectivity index (χ2v) is 7.52. The molecule has 0 saturated carbocycles. The van der Waals surface area contributed by atoms with E-state index in [0.717, 1.165) is 55.7 Å². The molecule has 134 valence electrons. The van der Waals surface area contributed by atoms with Crippen LogP contribution in [0, 0.1) is 0 Å². The summed E-state index contributed by atoms with van der Waals surface area (Å²) >= 11 is 0. The number of aromatic nitrogens is 5. The molecular weight excluding hydrogens is 316 g/mol. The van der Waals surface area contributed by atoms with Gasteiger partial charge >= 0.3 is 0 Å². The van der Waals surface area contributed by atoms with Crippen LogP contribution in [0.5, 0.6) is 0 Å². The highest BCUT2D eigenvalue weighted by Crippen LogP contribution is 2.29. The molecule has 4 rings (SSSR count). The zero-order chi connectivity index (χ0) is 17.4. The van der Waals surface area contributed by atoms with E-state index in [1.54, 1.807) is 6.33 Å². The highest BCUT2D eigenvalue weighted by Gasteiger charge is 2.31. The predicted octanol–water partition coefficient (Wildman–Crippen LogP) is 2.48. The number of nitrogens with zero attached hydrogens (tertiary/aromatic N) is 5. The summed E-state index contributed by atoms with van der Waals surface area (Å²) in [6.45, 7) is 5.77. The molecule has 2 aromatic rings. The van der Waals surface area contributed by atoms with Crippen molar-refractivity contribution in [3.05, 3.63) is 29.1 Å². The highest BCUT2D eigenvalue weighted by molar-refractivity contribution is 5.94. The first-order valence-electron chi connectivity index (χ1n) is 9.40. The van der Waals surface area contributed by atoms with E-state index in [1.807, 2.05) is 4.90 Å². The van der Waals surface area contributed by atoms with Gasteiger partial charge in [0.25, 0.3) is 5.91 Å². The average molecular weight is 342 g/mol. The minimum atomic E-state index is 0.0692. The third kappa shape index (κ3) is 2.96. The predicted molar refractivity (Wildman–Crippen MR) is 93.5 cm³/mol. The van der Waals surface area contributed by atoms with Crippen LogP contribution >= 0.6 is 0 Å². The van der Waals surface area contributed by atoms with Crippen LogP contribution in [0.3, 0.4) is 0 Å². The number of aromatic amines is 1. The molecule has 1 N–H and O–H groups in total. The van der Waals surface area contributed by atoms with Gasteiger partial charge in [0.05, 0.1) is 0 Å². The molecule has 7 heteroatoms. The van der Waals surface area contributed by atoms with Crippen molar-refractivity contribution in [2.24, 2.45) is 0 Å². The molecule has 7 nitrogen and oxygen atoms in total. The first-order valence-corrected chi connectivity index (χ1v) is 9.40. The number of aryl methyl sites for hydroxylation is 1. The summed E-state index contributed by atoms with van der Waals surface area (Å²) in [4.78, 5) is 15.0. The van der Waals surface area contributed by atoms with E-state index in [1.165, 1.54) is 6.42 Å². The van der Waals surface area contributed by atoms with Crippen molar-refractivity contribution in [1.29, 1.82) is 0 Å². The lowest BCUT2D eigenvalue weighted by Gasteiger charge is -2.32. The molecule has 2 aromatic heterocycles. The Hall–Kier alpha value is -2.18. The number of rotatable bonds is 3. The fraction of sp³-hybridized carbons (Fsp3) is 0.667. The highest BCUT2D eigenvalue weighted by atomic mass is 16.2. The zero-order valence-corrected chi connectivity index (χ0v) is 15.0. The van der Waals surface area contributed by atoms with Gasteiger partial charge in [-0.05, 0) is 52.4 Å². The number of piperidine rings is 1. The van der Waals surface area contributed by atoms with Crippen LogP contribution < -0.4 is 0 Å². The summed E-state index contributed by atoms with van der Waals surface area (Å²) in [5.74, 6) is 1.31. The Morgan fingerprint density at radius 1 is 1.28 bits per heavy atom. The maximum absolute atomic E-state index is 13.1. The molecule has 3 heterocycles. The van der Waals surface area contributed by atoms with Crippen molar-refractivity contribution in [3.8, 4) is 0 Å². The summed E-state index contributed by atoms with van der Waals surface area (Å²) in [5, 5.41) is 15.9. The van der Waals surface area contributed by atoms with Crippen molar-refractivity contribution in [1.82, 2.24) is 29.9 Å². The lowest BCUT2D eigenvalue weighted by atomic mass is 9.94. The maximum Gasteiger partial charge on any atom is 0.274 e. The zero-order valence-electron chi connectivity index (χ0n) is 15.0. The van der Waals surface area contributed by atoms with Crippen LogP contribution in [0.4, 0.5) is 0 Å². The lowest BCUT2D eigenvalue weighted by molar-refractivity contribution is 0.0695. The van der Waals surface area contributed by atoms with Crippen LogP contribution in [-0.2, 0) is 12.8 Å². The monoisotopic (exact) mass is 342 g/mol. The van der Waals surface area contributed by atoms with Crippen molar-refractivity contribution in [3.63, 3.8) is 0 Å². The molecule has 1 aliphatic heterocycles. The van der Waals surface area contributed by atoms with Gasteiger partial charge in [-0.3, -0.25) is 9.89 Å². The molecule has 0 bridgehead atoms. The summed E-state index contributed by atoms with van der Waals surface area (Å²) in [5.41, 5.74) is 2.94. The summed E-state index contributed by atoms with van der Waals surface area (Å²) in [7, 11) is 0. The number of fused-ring (bicyclic) bond motifs is 1. The number of carbonyl (C=O) groups is 1. The van der Waals surface area contributed by atoms with Crippen LogP contribution in [0.2, 0.25) is 0 Å². The topological polar surface area (TPSA) is 79.7 Å². The molecule has 1 unspecified atom stereocenters. The molecule has 0 aromatic carbocycles. The van der Waals surface area contributed by atoms with Gasteiger partial charge in [0, 0.05) is 36.3 Å². The van der Waals surface area contributed by atoms with Crippen LogP contribution in [0.1, 0.15) is 79.1 Å². The summed E-state index contributed by atoms with van der Waals surface area (Å²) in [6.07, 6.45) is 8.14. The van der Waals surface area contributed by atoms with E-state index in [2.05, 4.69) is 38.8 Å². The number of likely N-dealkylation sites (tertiary alicyclic amines) is 1. The second-order valence-electron chi connectivity index (χ2n) is 7.52. The second kappa shape index (κ2) is 6.61. The van der Waals surface area contributed by atoms with Crippen LogP contribution in [0.25, 0.3) is 0 Å². The number of hydrogen-bond acceptors (Lipinski definition) is 4. The molecule has 1 saturated heterocycles. The van der Waals surface area contributed by atoms with Crippen molar-refractivity contribution in [2.45, 2.75) is 64.3 Å². The number of nitrogens with one attached hydrogen (secondary N) is 1. The Morgan fingerprint density at radius 3 is 2.96 bits per heavy atom. The van der Waals surface area contributed by atoms with Gasteiger partial charge in [0.2, 0.25) is 0 Å². The Morgan fingerprint density at radius 2 is 2.12 bits per heavy atom. The maximum atomic E-state index is 13.1. The molecule has 1 fully saturated rings. The third-order valence-electron chi connectivity index (χ3n) is 5.49. The molecule has 1 aliphatic carbocycles. The van der Waals surface area contributed by atoms with Crippen molar-refractivity contribution >= 4 is 5.91 Å². The van der Waals surface area contributed by atoms with Gasteiger partial charge in [-0.15, -0.1) is 10.2 Å². The average Bonchev–Trinajstić information content (AvgIpc) is 3.28. The Balaban J connectivity index is 1.54. The Bertz CT molecular complexity index is 761. The summed E-state index contributed by atoms with van der Waals surface area (Å²) in [6, 6.07) is 0.328. The van der Waals surface area contributed by atoms with Gasteiger partial charge in [-0.2, -0.15) is 5.10 Å². The molecule has 2 aliphatic rings. The number of amides is 1. The van der Waals surface area contributed by atoms with Crippen LogP contribution in [0.15, 0.2) is 6.33 Å². The largest absolute Gasteiger partial charge is 0.337 e. The quantitative estimate of drug-likeness (QED) is 0.929. The molecule has 0 radical (unpaired) electrons. The molecule has 1 atom stereocenters. The smallest absolute Gasteiger partial charge is 0.274 e. The number of hydrogen-bond donors (Lipinski definition) is 1. The van der Waals surface area contributed by atoms with Gasteiger partial charge in [-0.25, -0.2) is 0 Å².